The zero-order valence-corrected chi connectivity index (χ0v) is 10.7. The van der Waals surface area contributed by atoms with Crippen LogP contribution in [0.3, 0.4) is 0 Å². The van der Waals surface area contributed by atoms with Crippen molar-refractivity contribution in [1.29, 1.82) is 0 Å². The van der Waals surface area contributed by atoms with E-state index in [-0.39, 0.29) is 5.91 Å². The molecule has 0 aromatic heterocycles. The molecule has 5 heteroatoms. The Morgan fingerprint density at radius 2 is 1.94 bits per heavy atom. The van der Waals surface area contributed by atoms with Crippen LogP contribution >= 0.6 is 0 Å². The number of methoxy groups -OCH3 is 1. The molecule has 1 fully saturated rings. The Bertz CT molecular complexity index is 301. The van der Waals surface area contributed by atoms with Crippen LogP contribution in [-0.4, -0.2) is 36.2 Å². The molecule has 0 unspecified atom stereocenters. The molecule has 1 aliphatic carbocycles. The minimum absolute atomic E-state index is 0.169. The molecule has 0 spiro atoms. The lowest BCUT2D eigenvalue weighted by Crippen LogP contribution is -2.50. The maximum Gasteiger partial charge on any atom is 0.307 e. The second kappa shape index (κ2) is 5.49. The van der Waals surface area contributed by atoms with Crippen molar-refractivity contribution in [2.24, 2.45) is 11.8 Å². The molecule has 0 bridgehead atoms. The number of rotatable bonds is 5. The van der Waals surface area contributed by atoms with E-state index >= 15 is 0 Å². The average molecular weight is 243 g/mol. The molecule has 1 aliphatic rings. The standard InChI is InChI=1S/C12H21NO4/c1-12(2,7-17-3)13-10(14)8-5-4-6-9(8)11(15)16/h8-9H,4-7H2,1-3H3,(H,13,14)(H,15,16)/t8-,9+/m1/s1. The van der Waals surface area contributed by atoms with E-state index in [0.29, 0.717) is 19.4 Å². The number of hydrogen-bond donors (Lipinski definition) is 2. The molecule has 2 N–H and O–H groups in total. The molecule has 0 saturated heterocycles. The van der Waals surface area contributed by atoms with Gasteiger partial charge in [-0.3, -0.25) is 9.59 Å². The highest BCUT2D eigenvalue weighted by molar-refractivity contribution is 5.85. The molecule has 1 amide bonds. The largest absolute Gasteiger partial charge is 0.481 e. The molecule has 17 heavy (non-hydrogen) atoms. The fourth-order valence-corrected chi connectivity index (χ4v) is 2.39. The minimum atomic E-state index is -0.868. The zero-order chi connectivity index (χ0) is 13.1. The van der Waals surface area contributed by atoms with Gasteiger partial charge in [-0.05, 0) is 26.7 Å². The number of hydrogen-bond acceptors (Lipinski definition) is 3. The summed E-state index contributed by atoms with van der Waals surface area (Å²) in [7, 11) is 1.57. The molecule has 0 heterocycles. The van der Waals surface area contributed by atoms with E-state index < -0.39 is 23.3 Å². The highest BCUT2D eigenvalue weighted by atomic mass is 16.5. The number of carboxylic acids is 1. The first-order valence-corrected chi connectivity index (χ1v) is 5.91. The van der Waals surface area contributed by atoms with E-state index in [4.69, 9.17) is 9.84 Å². The number of amides is 1. The Morgan fingerprint density at radius 3 is 2.47 bits per heavy atom. The third kappa shape index (κ3) is 3.70. The minimum Gasteiger partial charge on any atom is -0.481 e. The molecule has 98 valence electrons. The summed E-state index contributed by atoms with van der Waals surface area (Å²) in [4.78, 5) is 23.0. The summed E-state index contributed by atoms with van der Waals surface area (Å²) in [6.45, 7) is 4.13. The van der Waals surface area contributed by atoms with Crippen LogP contribution in [0, 0.1) is 11.8 Å². The van der Waals surface area contributed by atoms with Gasteiger partial charge in [-0.1, -0.05) is 6.42 Å². The monoisotopic (exact) mass is 243 g/mol. The van der Waals surface area contributed by atoms with Crippen molar-refractivity contribution in [3.05, 3.63) is 0 Å². The van der Waals surface area contributed by atoms with Crippen LogP contribution in [0.2, 0.25) is 0 Å². The Hall–Kier alpha value is -1.10. The van der Waals surface area contributed by atoms with Crippen molar-refractivity contribution in [3.8, 4) is 0 Å². The summed E-state index contributed by atoms with van der Waals surface area (Å²) < 4.78 is 5.01. The Morgan fingerprint density at radius 1 is 1.35 bits per heavy atom. The van der Waals surface area contributed by atoms with Gasteiger partial charge in [0.2, 0.25) is 5.91 Å². The summed E-state index contributed by atoms with van der Waals surface area (Å²) >= 11 is 0. The van der Waals surface area contributed by atoms with Crippen molar-refractivity contribution >= 4 is 11.9 Å². The normalized spacial score (nSPS) is 24.6. The predicted octanol–water partition coefficient (Wildman–Crippen LogP) is 1.03. The SMILES string of the molecule is COCC(C)(C)NC(=O)[C@@H]1CCC[C@@H]1C(=O)O. The lowest BCUT2D eigenvalue weighted by molar-refractivity contribution is -0.146. The third-order valence-electron chi connectivity index (χ3n) is 3.14. The molecule has 0 aromatic carbocycles. The second-order valence-electron chi connectivity index (χ2n) is 5.29. The van der Waals surface area contributed by atoms with Crippen LogP contribution in [0.15, 0.2) is 0 Å². The highest BCUT2D eigenvalue weighted by Crippen LogP contribution is 2.32. The van der Waals surface area contributed by atoms with Gasteiger partial charge in [0.1, 0.15) is 0 Å². The van der Waals surface area contributed by atoms with Crippen LogP contribution in [0.25, 0.3) is 0 Å². The molecule has 0 aliphatic heterocycles. The first-order valence-electron chi connectivity index (χ1n) is 5.91. The third-order valence-corrected chi connectivity index (χ3v) is 3.14. The fraction of sp³-hybridized carbons (Fsp3) is 0.833. The number of carbonyl (C=O) groups excluding carboxylic acids is 1. The summed E-state index contributed by atoms with van der Waals surface area (Å²) in [5.74, 6) is -1.97. The number of nitrogens with one attached hydrogen (secondary N) is 1. The number of carbonyl (C=O) groups is 2. The van der Waals surface area contributed by atoms with Gasteiger partial charge < -0.3 is 15.2 Å². The molecule has 0 aromatic rings. The molecule has 1 rings (SSSR count). The molecular weight excluding hydrogens is 222 g/mol. The molecule has 1 saturated carbocycles. The molecule has 0 radical (unpaired) electrons. The van der Waals surface area contributed by atoms with Gasteiger partial charge in [0, 0.05) is 7.11 Å². The molecular formula is C12H21NO4. The van der Waals surface area contributed by atoms with Gasteiger partial charge in [0.05, 0.1) is 24.0 Å². The number of ether oxygens (including phenoxy) is 1. The van der Waals surface area contributed by atoms with Crippen LogP contribution in [0.1, 0.15) is 33.1 Å². The van der Waals surface area contributed by atoms with Crippen molar-refractivity contribution in [2.75, 3.05) is 13.7 Å². The number of aliphatic carboxylic acids is 1. The highest BCUT2D eigenvalue weighted by Gasteiger charge is 2.39. The van der Waals surface area contributed by atoms with Crippen molar-refractivity contribution in [2.45, 2.75) is 38.6 Å². The van der Waals surface area contributed by atoms with E-state index in [0.717, 1.165) is 6.42 Å². The van der Waals surface area contributed by atoms with E-state index in [9.17, 15) is 9.59 Å². The van der Waals surface area contributed by atoms with Crippen LogP contribution in [-0.2, 0) is 14.3 Å². The zero-order valence-electron chi connectivity index (χ0n) is 10.7. The van der Waals surface area contributed by atoms with Gasteiger partial charge in [-0.2, -0.15) is 0 Å². The topological polar surface area (TPSA) is 75.6 Å². The van der Waals surface area contributed by atoms with E-state index in [1.165, 1.54) is 0 Å². The Kier molecular flexibility index (Phi) is 4.51. The van der Waals surface area contributed by atoms with Gasteiger partial charge in [-0.15, -0.1) is 0 Å². The van der Waals surface area contributed by atoms with Gasteiger partial charge in [0.25, 0.3) is 0 Å². The van der Waals surface area contributed by atoms with Crippen molar-refractivity contribution < 1.29 is 19.4 Å². The van der Waals surface area contributed by atoms with Crippen molar-refractivity contribution in [3.63, 3.8) is 0 Å². The maximum absolute atomic E-state index is 12.0. The Labute approximate surface area is 102 Å². The van der Waals surface area contributed by atoms with Gasteiger partial charge >= 0.3 is 5.97 Å². The molecule has 5 nitrogen and oxygen atoms in total. The van der Waals surface area contributed by atoms with Crippen LogP contribution < -0.4 is 5.32 Å². The van der Waals surface area contributed by atoms with E-state index in [1.54, 1.807) is 7.11 Å². The van der Waals surface area contributed by atoms with Crippen molar-refractivity contribution in [1.82, 2.24) is 5.32 Å². The van der Waals surface area contributed by atoms with E-state index in [1.807, 2.05) is 13.8 Å². The predicted molar refractivity (Wildman–Crippen MR) is 62.6 cm³/mol. The first-order chi connectivity index (χ1) is 7.87. The quantitative estimate of drug-likeness (QED) is 0.756. The summed E-state index contributed by atoms with van der Waals surface area (Å²) in [6.07, 6.45) is 2.06. The molecule has 2 atom stereocenters. The smallest absolute Gasteiger partial charge is 0.307 e. The average Bonchev–Trinajstić information content (AvgIpc) is 2.64. The lowest BCUT2D eigenvalue weighted by Gasteiger charge is -2.28. The van der Waals surface area contributed by atoms with Gasteiger partial charge in [-0.25, -0.2) is 0 Å². The summed E-state index contributed by atoms with van der Waals surface area (Å²) in [5.41, 5.74) is -0.461. The second-order valence-corrected chi connectivity index (χ2v) is 5.29. The Balaban J connectivity index is 2.61. The van der Waals surface area contributed by atoms with Crippen LogP contribution in [0.4, 0.5) is 0 Å². The lowest BCUT2D eigenvalue weighted by atomic mass is 9.94. The maximum atomic E-state index is 12.0. The summed E-state index contributed by atoms with van der Waals surface area (Å²) in [6, 6.07) is 0. The van der Waals surface area contributed by atoms with Gasteiger partial charge in [0.15, 0.2) is 0 Å². The van der Waals surface area contributed by atoms with Crippen LogP contribution in [0.5, 0.6) is 0 Å². The number of carboxylic acid groups (broad SMARTS) is 1. The fourth-order valence-electron chi connectivity index (χ4n) is 2.39. The summed E-state index contributed by atoms with van der Waals surface area (Å²) in [5, 5.41) is 11.9. The van der Waals surface area contributed by atoms with E-state index in [2.05, 4.69) is 5.32 Å². The first kappa shape index (κ1) is 14.0.